The summed E-state index contributed by atoms with van der Waals surface area (Å²) in [5.74, 6) is -0.124. The predicted molar refractivity (Wildman–Crippen MR) is 71.2 cm³/mol. The number of carbonyl (C=O) groups is 1. The molecule has 0 aromatic heterocycles. The Bertz CT molecular complexity index is 418. The Labute approximate surface area is 109 Å². The summed E-state index contributed by atoms with van der Waals surface area (Å²) in [5.41, 5.74) is 0.618. The van der Waals surface area contributed by atoms with Crippen molar-refractivity contribution in [3.8, 4) is 0 Å². The third kappa shape index (κ3) is 2.15. The van der Waals surface area contributed by atoms with Gasteiger partial charge in [0.25, 0.3) is 0 Å². The number of esters is 1. The van der Waals surface area contributed by atoms with Gasteiger partial charge in [-0.2, -0.15) is 0 Å². The molecule has 1 fully saturated rings. The Kier molecular flexibility index (Phi) is 3.71. The van der Waals surface area contributed by atoms with E-state index in [9.17, 15) is 4.79 Å². The molecule has 18 heavy (non-hydrogen) atoms. The summed E-state index contributed by atoms with van der Waals surface area (Å²) in [6.45, 7) is 4.92. The molecule has 1 aromatic rings. The Morgan fingerprint density at radius 2 is 2.11 bits per heavy atom. The Morgan fingerprint density at radius 1 is 1.44 bits per heavy atom. The maximum Gasteiger partial charge on any atom is 0.306 e. The first kappa shape index (κ1) is 13.1. The zero-order valence-electron chi connectivity index (χ0n) is 11.3. The summed E-state index contributed by atoms with van der Waals surface area (Å²) >= 11 is 0. The van der Waals surface area contributed by atoms with Gasteiger partial charge in [-0.05, 0) is 19.5 Å². The van der Waals surface area contributed by atoms with Gasteiger partial charge in [-0.15, -0.1) is 0 Å². The Morgan fingerprint density at radius 3 is 2.61 bits per heavy atom. The predicted octanol–water partition coefficient (Wildman–Crippen LogP) is 2.56. The smallest absolute Gasteiger partial charge is 0.306 e. The van der Waals surface area contributed by atoms with E-state index in [1.807, 2.05) is 25.1 Å². The van der Waals surface area contributed by atoms with Gasteiger partial charge in [0.1, 0.15) is 0 Å². The van der Waals surface area contributed by atoms with E-state index in [2.05, 4.69) is 31.0 Å². The number of ether oxygens (including phenoxy) is 1. The molecule has 0 amide bonds. The molecule has 2 rings (SSSR count). The van der Waals surface area contributed by atoms with Crippen LogP contribution in [0.1, 0.15) is 32.3 Å². The molecule has 0 radical (unpaired) electrons. The number of benzene rings is 1. The second-order valence-corrected chi connectivity index (χ2v) is 4.99. The molecular weight excluding hydrogens is 226 g/mol. The average molecular weight is 247 g/mol. The second-order valence-electron chi connectivity index (χ2n) is 4.99. The van der Waals surface area contributed by atoms with Crippen LogP contribution >= 0.6 is 0 Å². The SMILES string of the molecule is CCC(=O)O[C@@]1(c2ccccc2)CCN(C)[C@H]1C. The number of hydrogen-bond donors (Lipinski definition) is 0. The van der Waals surface area contributed by atoms with Crippen molar-refractivity contribution in [2.45, 2.75) is 38.3 Å². The highest BCUT2D eigenvalue weighted by Gasteiger charge is 2.47. The van der Waals surface area contributed by atoms with Crippen LogP contribution in [-0.4, -0.2) is 30.5 Å². The molecule has 0 saturated carbocycles. The molecule has 0 unspecified atom stereocenters. The standard InChI is InChI=1S/C15H21NO2/c1-4-14(17)18-15(10-11-16(3)12(15)2)13-8-6-5-7-9-13/h5-9,12H,4,10-11H2,1-3H3/t12-,15-/m0/s1. The van der Waals surface area contributed by atoms with Crippen LogP contribution in [0.4, 0.5) is 0 Å². The summed E-state index contributed by atoms with van der Waals surface area (Å²) in [6, 6.07) is 10.3. The molecule has 2 atom stereocenters. The summed E-state index contributed by atoms with van der Waals surface area (Å²) in [5, 5.41) is 0. The number of carbonyl (C=O) groups excluding carboxylic acids is 1. The molecule has 1 heterocycles. The van der Waals surface area contributed by atoms with Crippen molar-refractivity contribution in [1.29, 1.82) is 0 Å². The average Bonchev–Trinajstić information content (AvgIpc) is 2.69. The van der Waals surface area contributed by atoms with Gasteiger partial charge in [0.15, 0.2) is 5.60 Å². The number of nitrogens with zero attached hydrogens (tertiary/aromatic N) is 1. The molecule has 98 valence electrons. The van der Waals surface area contributed by atoms with Crippen LogP contribution < -0.4 is 0 Å². The van der Waals surface area contributed by atoms with Gasteiger partial charge in [0.2, 0.25) is 0 Å². The molecule has 3 nitrogen and oxygen atoms in total. The zero-order chi connectivity index (χ0) is 13.2. The minimum atomic E-state index is -0.483. The van der Waals surface area contributed by atoms with Crippen LogP contribution in [0.15, 0.2) is 30.3 Å². The number of likely N-dealkylation sites (N-methyl/N-ethyl adjacent to an activating group) is 1. The topological polar surface area (TPSA) is 29.5 Å². The lowest BCUT2D eigenvalue weighted by Gasteiger charge is -2.35. The van der Waals surface area contributed by atoms with Gasteiger partial charge in [-0.1, -0.05) is 37.3 Å². The van der Waals surface area contributed by atoms with E-state index < -0.39 is 5.60 Å². The van der Waals surface area contributed by atoms with Crippen LogP contribution in [0, 0.1) is 0 Å². The number of rotatable bonds is 3. The van der Waals surface area contributed by atoms with Crippen molar-refractivity contribution in [3.63, 3.8) is 0 Å². The second kappa shape index (κ2) is 5.11. The van der Waals surface area contributed by atoms with Crippen molar-refractivity contribution >= 4 is 5.97 Å². The lowest BCUT2D eigenvalue weighted by atomic mass is 9.87. The van der Waals surface area contributed by atoms with Gasteiger partial charge in [0.05, 0.1) is 6.04 Å². The highest BCUT2D eigenvalue weighted by Crippen LogP contribution is 2.40. The van der Waals surface area contributed by atoms with Crippen molar-refractivity contribution in [1.82, 2.24) is 4.90 Å². The first-order valence-electron chi connectivity index (χ1n) is 6.57. The van der Waals surface area contributed by atoms with E-state index in [1.54, 1.807) is 0 Å². The summed E-state index contributed by atoms with van der Waals surface area (Å²) in [6.07, 6.45) is 1.28. The lowest BCUT2D eigenvalue weighted by molar-refractivity contribution is -0.163. The normalized spacial score (nSPS) is 28.3. The van der Waals surface area contributed by atoms with Gasteiger partial charge >= 0.3 is 5.97 Å². The molecule has 1 aliphatic rings. The zero-order valence-corrected chi connectivity index (χ0v) is 11.3. The maximum atomic E-state index is 11.8. The van der Waals surface area contributed by atoms with Crippen LogP contribution in [0.3, 0.4) is 0 Å². The number of hydrogen-bond acceptors (Lipinski definition) is 3. The van der Waals surface area contributed by atoms with Crippen LogP contribution in [0.5, 0.6) is 0 Å². The van der Waals surface area contributed by atoms with Crippen molar-refractivity contribution in [2.75, 3.05) is 13.6 Å². The first-order chi connectivity index (χ1) is 8.60. The van der Waals surface area contributed by atoms with E-state index in [4.69, 9.17) is 4.74 Å². The third-order valence-electron chi connectivity index (χ3n) is 4.02. The first-order valence-corrected chi connectivity index (χ1v) is 6.57. The fourth-order valence-corrected chi connectivity index (χ4v) is 2.68. The monoisotopic (exact) mass is 247 g/mol. The van der Waals surface area contributed by atoms with Crippen LogP contribution in [-0.2, 0) is 15.1 Å². The minimum Gasteiger partial charge on any atom is -0.452 e. The number of likely N-dealkylation sites (tertiary alicyclic amines) is 1. The lowest BCUT2D eigenvalue weighted by Crippen LogP contribution is -2.42. The molecule has 0 spiro atoms. The van der Waals surface area contributed by atoms with Crippen LogP contribution in [0.2, 0.25) is 0 Å². The Hall–Kier alpha value is -1.35. The summed E-state index contributed by atoms with van der Waals surface area (Å²) in [7, 11) is 2.08. The van der Waals surface area contributed by atoms with Crippen LogP contribution in [0.25, 0.3) is 0 Å². The molecule has 1 aliphatic heterocycles. The van der Waals surface area contributed by atoms with Gasteiger partial charge in [-0.3, -0.25) is 9.69 Å². The Balaban J connectivity index is 2.38. The molecule has 1 aromatic carbocycles. The minimum absolute atomic E-state index is 0.124. The van der Waals surface area contributed by atoms with Crippen molar-refractivity contribution in [2.24, 2.45) is 0 Å². The molecule has 0 aliphatic carbocycles. The molecule has 0 N–H and O–H groups in total. The van der Waals surface area contributed by atoms with E-state index >= 15 is 0 Å². The summed E-state index contributed by atoms with van der Waals surface area (Å²) in [4.78, 5) is 14.0. The molecular formula is C15H21NO2. The largest absolute Gasteiger partial charge is 0.452 e. The summed E-state index contributed by atoms with van der Waals surface area (Å²) < 4.78 is 5.84. The quantitative estimate of drug-likeness (QED) is 0.769. The fourth-order valence-electron chi connectivity index (χ4n) is 2.68. The van der Waals surface area contributed by atoms with Gasteiger partial charge in [-0.25, -0.2) is 0 Å². The molecule has 3 heteroatoms. The maximum absolute atomic E-state index is 11.8. The van der Waals surface area contributed by atoms with Gasteiger partial charge in [0, 0.05) is 19.4 Å². The van der Waals surface area contributed by atoms with Gasteiger partial charge < -0.3 is 4.74 Å². The highest BCUT2D eigenvalue weighted by molar-refractivity contribution is 5.70. The van der Waals surface area contributed by atoms with E-state index in [0.29, 0.717) is 6.42 Å². The van der Waals surface area contributed by atoms with Crippen molar-refractivity contribution in [3.05, 3.63) is 35.9 Å². The third-order valence-corrected chi connectivity index (χ3v) is 4.02. The highest BCUT2D eigenvalue weighted by atomic mass is 16.6. The van der Waals surface area contributed by atoms with E-state index in [-0.39, 0.29) is 12.0 Å². The fraction of sp³-hybridized carbons (Fsp3) is 0.533. The van der Waals surface area contributed by atoms with E-state index in [1.165, 1.54) is 0 Å². The van der Waals surface area contributed by atoms with E-state index in [0.717, 1.165) is 18.5 Å². The van der Waals surface area contributed by atoms with Crippen molar-refractivity contribution < 1.29 is 9.53 Å². The molecule has 0 bridgehead atoms. The molecule has 1 saturated heterocycles.